The minimum absolute atomic E-state index is 0.00750. The van der Waals surface area contributed by atoms with Crippen LogP contribution in [0.3, 0.4) is 0 Å². The van der Waals surface area contributed by atoms with Crippen molar-refractivity contribution in [2.24, 2.45) is 0 Å². The first-order valence-electron chi connectivity index (χ1n) is 7.23. The topological polar surface area (TPSA) is 0 Å². The fourth-order valence-corrected chi connectivity index (χ4v) is 4.11. The Balaban J connectivity index is 2.00. The Kier molecular flexibility index (Phi) is 4.49. The van der Waals surface area contributed by atoms with Crippen molar-refractivity contribution < 1.29 is 0 Å². The largest absolute Gasteiger partial charge is 0.126 e. The van der Waals surface area contributed by atoms with Gasteiger partial charge in [-0.1, -0.05) is 53.5 Å². The zero-order valence-corrected chi connectivity index (χ0v) is 14.0. The lowest BCUT2D eigenvalue weighted by atomic mass is 9.68. The highest BCUT2D eigenvalue weighted by Crippen LogP contribution is 2.41. The molecule has 110 valence electrons. The number of halogens is 3. The summed E-state index contributed by atoms with van der Waals surface area (Å²) in [5.41, 5.74) is 4.04. The summed E-state index contributed by atoms with van der Waals surface area (Å²) in [6.45, 7) is 0. The highest BCUT2D eigenvalue weighted by molar-refractivity contribution is 6.42. The lowest BCUT2D eigenvalue weighted by Crippen LogP contribution is -2.35. The fraction of sp³-hybridized carbons (Fsp3) is 0.333. The Morgan fingerprint density at radius 3 is 2.57 bits per heavy atom. The zero-order valence-electron chi connectivity index (χ0n) is 11.7. The van der Waals surface area contributed by atoms with Gasteiger partial charge in [-0.3, -0.25) is 0 Å². The molecule has 1 unspecified atom stereocenters. The van der Waals surface area contributed by atoms with Gasteiger partial charge in [0.2, 0.25) is 0 Å². The van der Waals surface area contributed by atoms with Crippen LogP contribution < -0.4 is 0 Å². The van der Waals surface area contributed by atoms with E-state index in [2.05, 4.69) is 30.3 Å². The van der Waals surface area contributed by atoms with Crippen LogP contribution in [0.1, 0.15) is 29.5 Å². The summed E-state index contributed by atoms with van der Waals surface area (Å²) in [7, 11) is 0. The highest BCUT2D eigenvalue weighted by atomic mass is 35.5. The van der Waals surface area contributed by atoms with Crippen molar-refractivity contribution in [3.8, 4) is 0 Å². The minimum Gasteiger partial charge on any atom is -0.126 e. The van der Waals surface area contributed by atoms with Crippen molar-refractivity contribution >= 4 is 34.8 Å². The lowest BCUT2D eigenvalue weighted by Gasteiger charge is -2.38. The molecular weight excluding hydrogens is 323 g/mol. The summed E-state index contributed by atoms with van der Waals surface area (Å²) in [4.78, 5) is 0. The Morgan fingerprint density at radius 1 is 1.00 bits per heavy atom. The first-order valence-corrected chi connectivity index (χ1v) is 8.52. The van der Waals surface area contributed by atoms with Crippen LogP contribution in [-0.2, 0) is 18.3 Å². The number of hydrogen-bond donors (Lipinski definition) is 0. The Labute approximate surface area is 141 Å². The molecule has 0 aromatic heterocycles. The SMILES string of the molecule is ClCC1(Cc2ccc(Cl)c(Cl)c2)CCCc2ccccc21. The number of hydrogen-bond acceptors (Lipinski definition) is 0. The molecule has 0 saturated heterocycles. The summed E-state index contributed by atoms with van der Waals surface area (Å²) >= 11 is 18.6. The van der Waals surface area contributed by atoms with Crippen molar-refractivity contribution in [3.05, 3.63) is 69.2 Å². The molecule has 21 heavy (non-hydrogen) atoms. The van der Waals surface area contributed by atoms with Crippen LogP contribution in [-0.4, -0.2) is 5.88 Å². The standard InChI is InChI=1S/C18H17Cl3/c19-12-18(11-13-7-8-16(20)17(21)10-13)9-3-5-14-4-1-2-6-15(14)18/h1-2,4,6-8,10H,3,5,9,11-12H2. The first-order chi connectivity index (χ1) is 10.1. The second-order valence-electron chi connectivity index (χ2n) is 5.85. The summed E-state index contributed by atoms with van der Waals surface area (Å²) in [6, 6.07) is 14.6. The molecule has 0 bridgehead atoms. The van der Waals surface area contributed by atoms with Gasteiger partial charge in [-0.05, 0) is 54.5 Å². The van der Waals surface area contributed by atoms with E-state index in [0.717, 1.165) is 19.3 Å². The van der Waals surface area contributed by atoms with Crippen LogP contribution in [0.4, 0.5) is 0 Å². The molecular formula is C18H17Cl3. The van der Waals surface area contributed by atoms with Crippen LogP contribution in [0.15, 0.2) is 42.5 Å². The predicted molar refractivity (Wildman–Crippen MR) is 91.9 cm³/mol. The van der Waals surface area contributed by atoms with Gasteiger partial charge in [0.1, 0.15) is 0 Å². The van der Waals surface area contributed by atoms with E-state index in [1.165, 1.54) is 23.1 Å². The molecule has 2 aromatic carbocycles. The van der Waals surface area contributed by atoms with Crippen LogP contribution in [0.25, 0.3) is 0 Å². The number of aryl methyl sites for hydroxylation is 1. The maximum Gasteiger partial charge on any atom is 0.0595 e. The van der Waals surface area contributed by atoms with E-state index in [0.29, 0.717) is 15.9 Å². The van der Waals surface area contributed by atoms with Gasteiger partial charge in [0.05, 0.1) is 10.0 Å². The maximum absolute atomic E-state index is 6.43. The molecule has 0 spiro atoms. The maximum atomic E-state index is 6.43. The average Bonchev–Trinajstić information content (AvgIpc) is 2.51. The second-order valence-corrected chi connectivity index (χ2v) is 6.93. The van der Waals surface area contributed by atoms with E-state index in [-0.39, 0.29) is 5.41 Å². The lowest BCUT2D eigenvalue weighted by molar-refractivity contribution is 0.396. The fourth-order valence-electron chi connectivity index (χ4n) is 3.42. The Hall–Kier alpha value is -0.690. The van der Waals surface area contributed by atoms with E-state index >= 15 is 0 Å². The number of benzene rings is 2. The Morgan fingerprint density at radius 2 is 1.81 bits per heavy atom. The molecule has 0 heterocycles. The quantitative estimate of drug-likeness (QED) is 0.597. The monoisotopic (exact) mass is 338 g/mol. The third kappa shape index (κ3) is 2.95. The smallest absolute Gasteiger partial charge is 0.0595 e. The van der Waals surface area contributed by atoms with Gasteiger partial charge < -0.3 is 0 Å². The molecule has 0 N–H and O–H groups in total. The molecule has 0 fully saturated rings. The van der Waals surface area contributed by atoms with Crippen LogP contribution in [0.2, 0.25) is 10.0 Å². The van der Waals surface area contributed by atoms with E-state index in [1.54, 1.807) is 0 Å². The van der Waals surface area contributed by atoms with Crippen LogP contribution in [0.5, 0.6) is 0 Å². The van der Waals surface area contributed by atoms with Crippen molar-refractivity contribution in [1.82, 2.24) is 0 Å². The van der Waals surface area contributed by atoms with E-state index < -0.39 is 0 Å². The van der Waals surface area contributed by atoms with Crippen molar-refractivity contribution in [3.63, 3.8) is 0 Å². The summed E-state index contributed by atoms with van der Waals surface area (Å²) < 4.78 is 0. The van der Waals surface area contributed by atoms with Crippen molar-refractivity contribution in [1.29, 1.82) is 0 Å². The molecule has 1 aliphatic rings. The van der Waals surface area contributed by atoms with Crippen molar-refractivity contribution in [2.45, 2.75) is 31.1 Å². The first kappa shape index (κ1) is 15.2. The molecule has 0 amide bonds. The molecule has 3 rings (SSSR count). The van der Waals surface area contributed by atoms with Crippen LogP contribution in [0, 0.1) is 0 Å². The van der Waals surface area contributed by atoms with E-state index in [4.69, 9.17) is 34.8 Å². The van der Waals surface area contributed by atoms with Gasteiger partial charge in [0.25, 0.3) is 0 Å². The molecule has 0 radical (unpaired) electrons. The molecule has 1 atom stereocenters. The molecule has 1 aliphatic carbocycles. The summed E-state index contributed by atoms with van der Waals surface area (Å²) in [5, 5.41) is 1.22. The molecule has 0 nitrogen and oxygen atoms in total. The average molecular weight is 340 g/mol. The normalized spacial score (nSPS) is 21.1. The van der Waals surface area contributed by atoms with Gasteiger partial charge in [0.15, 0.2) is 0 Å². The molecule has 0 aliphatic heterocycles. The highest BCUT2D eigenvalue weighted by Gasteiger charge is 2.35. The number of fused-ring (bicyclic) bond motifs is 1. The van der Waals surface area contributed by atoms with Crippen LogP contribution >= 0.6 is 34.8 Å². The van der Waals surface area contributed by atoms with Gasteiger partial charge in [-0.15, -0.1) is 11.6 Å². The second kappa shape index (κ2) is 6.20. The van der Waals surface area contributed by atoms with Gasteiger partial charge in [-0.2, -0.15) is 0 Å². The summed E-state index contributed by atoms with van der Waals surface area (Å²) in [6.07, 6.45) is 4.36. The minimum atomic E-state index is 0.00750. The van der Waals surface area contributed by atoms with Crippen molar-refractivity contribution in [2.75, 3.05) is 5.88 Å². The third-order valence-electron chi connectivity index (χ3n) is 4.47. The predicted octanol–water partition coefficient (Wildman–Crippen LogP) is 6.05. The van der Waals surface area contributed by atoms with Gasteiger partial charge in [0, 0.05) is 11.3 Å². The number of alkyl halides is 1. The van der Waals surface area contributed by atoms with Gasteiger partial charge >= 0.3 is 0 Å². The van der Waals surface area contributed by atoms with E-state index in [9.17, 15) is 0 Å². The summed E-state index contributed by atoms with van der Waals surface area (Å²) in [5.74, 6) is 0.629. The molecule has 0 saturated carbocycles. The number of rotatable bonds is 3. The van der Waals surface area contributed by atoms with E-state index in [1.807, 2.05) is 12.1 Å². The zero-order chi connectivity index (χ0) is 14.9. The third-order valence-corrected chi connectivity index (χ3v) is 5.72. The molecule has 3 heteroatoms. The Bertz CT molecular complexity index is 651. The molecule has 2 aromatic rings. The van der Waals surface area contributed by atoms with Gasteiger partial charge in [-0.25, -0.2) is 0 Å².